The molecule has 5 nitrogen and oxygen atoms in total. The van der Waals surface area contributed by atoms with Gasteiger partial charge in [-0.2, -0.15) is 4.98 Å². The number of nitrogens with one attached hydrogen (secondary N) is 2. The van der Waals surface area contributed by atoms with Crippen LogP contribution in [0.3, 0.4) is 0 Å². The number of nitrogens with zero attached hydrogens (tertiary/aromatic N) is 3. The van der Waals surface area contributed by atoms with Gasteiger partial charge in [-0.1, -0.05) is 6.07 Å². The van der Waals surface area contributed by atoms with Gasteiger partial charge < -0.3 is 15.5 Å². The maximum absolute atomic E-state index is 13.3. The largest absolute Gasteiger partial charge is 0.372 e. The quantitative estimate of drug-likeness (QED) is 0.661. The van der Waals surface area contributed by atoms with Crippen molar-refractivity contribution in [1.29, 1.82) is 0 Å². The summed E-state index contributed by atoms with van der Waals surface area (Å²) in [6.45, 7) is 2.26. The van der Waals surface area contributed by atoms with E-state index in [9.17, 15) is 4.39 Å². The number of hydrogen-bond acceptors (Lipinski definition) is 5. The average molecular weight is 363 g/mol. The predicted molar refractivity (Wildman–Crippen MR) is 108 cm³/mol. The van der Waals surface area contributed by atoms with Crippen LogP contribution in [0.15, 0.2) is 60.8 Å². The van der Waals surface area contributed by atoms with Gasteiger partial charge in [-0.15, -0.1) is 0 Å². The lowest BCUT2D eigenvalue weighted by molar-refractivity contribution is 0.578. The predicted octanol–water partition coefficient (Wildman–Crippen LogP) is 5.09. The molecule has 1 aliphatic rings. The molecular formula is C21H22FN5. The van der Waals surface area contributed by atoms with E-state index in [1.807, 2.05) is 12.1 Å². The van der Waals surface area contributed by atoms with Crippen molar-refractivity contribution in [2.45, 2.75) is 19.3 Å². The van der Waals surface area contributed by atoms with E-state index in [2.05, 4.69) is 37.6 Å². The molecule has 0 spiro atoms. The molecule has 0 unspecified atom stereocenters. The molecule has 6 heteroatoms. The van der Waals surface area contributed by atoms with Gasteiger partial charge in [0.25, 0.3) is 0 Å². The van der Waals surface area contributed by atoms with Crippen LogP contribution in [0.4, 0.5) is 33.2 Å². The lowest BCUT2D eigenvalue weighted by Crippen LogP contribution is -2.29. The Morgan fingerprint density at radius 3 is 2.44 bits per heavy atom. The Morgan fingerprint density at radius 1 is 0.852 bits per heavy atom. The van der Waals surface area contributed by atoms with E-state index < -0.39 is 0 Å². The van der Waals surface area contributed by atoms with E-state index in [1.54, 1.807) is 24.4 Å². The molecule has 138 valence electrons. The van der Waals surface area contributed by atoms with Crippen molar-refractivity contribution in [1.82, 2.24) is 9.97 Å². The monoisotopic (exact) mass is 363 g/mol. The van der Waals surface area contributed by atoms with Crippen molar-refractivity contribution in [3.05, 3.63) is 66.6 Å². The summed E-state index contributed by atoms with van der Waals surface area (Å²) >= 11 is 0. The fourth-order valence-corrected chi connectivity index (χ4v) is 3.24. The summed E-state index contributed by atoms with van der Waals surface area (Å²) in [5, 5.41) is 6.30. The maximum Gasteiger partial charge on any atom is 0.229 e. The highest BCUT2D eigenvalue weighted by Crippen LogP contribution is 2.23. The van der Waals surface area contributed by atoms with Gasteiger partial charge in [-0.25, -0.2) is 9.37 Å². The molecular weight excluding hydrogens is 341 g/mol. The van der Waals surface area contributed by atoms with Crippen LogP contribution < -0.4 is 15.5 Å². The Labute approximate surface area is 158 Å². The van der Waals surface area contributed by atoms with Crippen molar-refractivity contribution < 1.29 is 4.39 Å². The van der Waals surface area contributed by atoms with Crippen LogP contribution in [0.5, 0.6) is 0 Å². The van der Waals surface area contributed by atoms with Crippen LogP contribution in [-0.4, -0.2) is 23.1 Å². The summed E-state index contributed by atoms with van der Waals surface area (Å²) in [6, 6.07) is 16.4. The highest BCUT2D eigenvalue weighted by atomic mass is 19.1. The summed E-state index contributed by atoms with van der Waals surface area (Å²) in [7, 11) is 0. The zero-order valence-electron chi connectivity index (χ0n) is 15.0. The topological polar surface area (TPSA) is 53.1 Å². The molecule has 27 heavy (non-hydrogen) atoms. The van der Waals surface area contributed by atoms with Gasteiger partial charge in [0.1, 0.15) is 11.6 Å². The van der Waals surface area contributed by atoms with Gasteiger partial charge in [0.05, 0.1) is 0 Å². The number of hydrogen-bond donors (Lipinski definition) is 2. The minimum Gasteiger partial charge on any atom is -0.372 e. The van der Waals surface area contributed by atoms with E-state index in [-0.39, 0.29) is 5.82 Å². The highest BCUT2D eigenvalue weighted by Gasteiger charge is 2.10. The van der Waals surface area contributed by atoms with E-state index in [0.29, 0.717) is 17.5 Å². The Balaban J connectivity index is 1.43. The van der Waals surface area contributed by atoms with Gasteiger partial charge in [0.15, 0.2) is 0 Å². The minimum absolute atomic E-state index is 0.291. The molecule has 2 aromatic carbocycles. The zero-order valence-corrected chi connectivity index (χ0v) is 15.0. The second-order valence-electron chi connectivity index (χ2n) is 6.62. The average Bonchev–Trinajstić information content (AvgIpc) is 2.70. The third kappa shape index (κ3) is 4.53. The Hall–Kier alpha value is -3.15. The second-order valence-corrected chi connectivity index (χ2v) is 6.62. The Morgan fingerprint density at radius 2 is 1.67 bits per heavy atom. The third-order valence-electron chi connectivity index (χ3n) is 4.60. The summed E-state index contributed by atoms with van der Waals surface area (Å²) in [5.41, 5.74) is 2.83. The molecule has 0 aliphatic carbocycles. The summed E-state index contributed by atoms with van der Waals surface area (Å²) in [6.07, 6.45) is 5.52. The lowest BCUT2D eigenvalue weighted by Gasteiger charge is -2.28. The molecule has 1 aromatic heterocycles. The van der Waals surface area contributed by atoms with Crippen molar-refractivity contribution in [2.75, 3.05) is 28.6 Å². The molecule has 0 radical (unpaired) electrons. The van der Waals surface area contributed by atoms with Crippen LogP contribution in [0.2, 0.25) is 0 Å². The molecule has 1 saturated heterocycles. The van der Waals surface area contributed by atoms with E-state index in [4.69, 9.17) is 0 Å². The first kappa shape index (κ1) is 17.3. The van der Waals surface area contributed by atoms with Crippen LogP contribution in [0, 0.1) is 5.82 Å². The van der Waals surface area contributed by atoms with E-state index in [0.717, 1.165) is 18.8 Å². The van der Waals surface area contributed by atoms with Gasteiger partial charge in [0, 0.05) is 36.3 Å². The number of halogens is 1. The van der Waals surface area contributed by atoms with Crippen LogP contribution in [0.1, 0.15) is 19.3 Å². The van der Waals surface area contributed by atoms with Crippen molar-refractivity contribution in [3.8, 4) is 0 Å². The molecule has 0 bridgehead atoms. The molecule has 1 fully saturated rings. The lowest BCUT2D eigenvalue weighted by atomic mass is 10.1. The molecule has 3 aromatic rings. The first-order valence-corrected chi connectivity index (χ1v) is 9.24. The molecule has 2 heterocycles. The molecule has 1 aliphatic heterocycles. The first-order valence-electron chi connectivity index (χ1n) is 9.24. The summed E-state index contributed by atoms with van der Waals surface area (Å²) < 4.78 is 13.3. The smallest absolute Gasteiger partial charge is 0.229 e. The summed E-state index contributed by atoms with van der Waals surface area (Å²) in [4.78, 5) is 11.1. The Kier molecular flexibility index (Phi) is 5.14. The standard InChI is InChI=1S/C21H22FN5/c22-16-5-4-6-18(15-16)24-20-11-12-23-21(26-20)25-17-7-9-19(10-8-17)27-13-2-1-3-14-27/h4-12,15H,1-3,13-14H2,(H2,23,24,25,26). The normalized spacial score (nSPS) is 14.0. The molecule has 0 atom stereocenters. The number of benzene rings is 2. The Bertz CT molecular complexity index is 891. The fraction of sp³-hybridized carbons (Fsp3) is 0.238. The van der Waals surface area contributed by atoms with Crippen molar-refractivity contribution in [3.63, 3.8) is 0 Å². The van der Waals surface area contributed by atoms with Gasteiger partial charge in [-0.05, 0) is 67.8 Å². The molecule has 0 amide bonds. The second kappa shape index (κ2) is 8.03. The number of anilines is 5. The van der Waals surface area contributed by atoms with Gasteiger partial charge in [0.2, 0.25) is 5.95 Å². The van der Waals surface area contributed by atoms with Crippen molar-refractivity contribution in [2.24, 2.45) is 0 Å². The number of piperidine rings is 1. The van der Waals surface area contributed by atoms with Crippen LogP contribution in [0.25, 0.3) is 0 Å². The fourth-order valence-electron chi connectivity index (χ4n) is 3.24. The highest BCUT2D eigenvalue weighted by molar-refractivity contribution is 5.61. The van der Waals surface area contributed by atoms with Gasteiger partial charge >= 0.3 is 0 Å². The van der Waals surface area contributed by atoms with Crippen molar-refractivity contribution >= 4 is 28.8 Å². The minimum atomic E-state index is -0.291. The molecule has 0 saturated carbocycles. The zero-order chi connectivity index (χ0) is 18.5. The summed E-state index contributed by atoms with van der Waals surface area (Å²) in [5.74, 6) is 0.798. The number of aromatic nitrogens is 2. The van der Waals surface area contributed by atoms with E-state index >= 15 is 0 Å². The van der Waals surface area contributed by atoms with E-state index in [1.165, 1.54) is 37.1 Å². The third-order valence-corrected chi connectivity index (χ3v) is 4.60. The first-order chi connectivity index (χ1) is 13.3. The van der Waals surface area contributed by atoms with Gasteiger partial charge in [-0.3, -0.25) is 0 Å². The SMILES string of the molecule is Fc1cccc(Nc2ccnc(Nc3ccc(N4CCCCC4)cc3)n2)c1. The molecule has 4 rings (SSSR count). The molecule has 2 N–H and O–H groups in total. The van der Waals surface area contributed by atoms with Crippen LogP contribution in [-0.2, 0) is 0 Å². The number of rotatable bonds is 5. The maximum atomic E-state index is 13.3. The van der Waals surface area contributed by atoms with Crippen LogP contribution >= 0.6 is 0 Å².